The van der Waals surface area contributed by atoms with Crippen molar-refractivity contribution in [2.24, 2.45) is 18.4 Å². The summed E-state index contributed by atoms with van der Waals surface area (Å²) in [4.78, 5) is 43.5. The number of pyridine rings is 1. The standard InChI is InChI=1S/C50H55F2N9O5/c1-3-32-37(51)10-8-30-22-31(62)23-35(40(30)32)43-41(52)44-36(25-54-43)46(61-18-5-14-50(27-61)17-21-66-50)57-48(56-44)65-28-49(15-16-49)26-60-19-12-29(13-20-60)24-53-38-7-4-6-33-42(58-59(2)45(33)38)34-9-11-39(63)55-47(34)64/h4,6-8,10,22-23,25,29,34,53,62H,3,5,9,11-21,24,26-28H2,1-2H3,(H,55,63,64). The highest BCUT2D eigenvalue weighted by Crippen LogP contribution is 2.48. The third-order valence-electron chi connectivity index (χ3n) is 15.0. The van der Waals surface area contributed by atoms with E-state index in [9.17, 15) is 14.7 Å². The van der Waals surface area contributed by atoms with E-state index in [0.29, 0.717) is 77.1 Å². The van der Waals surface area contributed by atoms with Crippen LogP contribution in [-0.4, -0.2) is 105 Å². The lowest BCUT2D eigenvalue weighted by atomic mass is 9.86. The second-order valence-electron chi connectivity index (χ2n) is 19.4. The highest BCUT2D eigenvalue weighted by Gasteiger charge is 2.46. The normalized spacial score (nSPS) is 22.3. The topological polar surface area (TPSA) is 160 Å². The van der Waals surface area contributed by atoms with Gasteiger partial charge in [0.1, 0.15) is 28.6 Å². The number of halogens is 2. The minimum Gasteiger partial charge on any atom is -0.508 e. The highest BCUT2D eigenvalue weighted by atomic mass is 19.1. The maximum absolute atomic E-state index is 17.2. The van der Waals surface area contributed by atoms with Crippen molar-refractivity contribution in [1.29, 1.82) is 0 Å². The van der Waals surface area contributed by atoms with Gasteiger partial charge in [0.15, 0.2) is 5.82 Å². The zero-order chi connectivity index (χ0) is 45.3. The number of phenols is 1. The molecule has 2 atom stereocenters. The van der Waals surface area contributed by atoms with Crippen molar-refractivity contribution in [3.63, 3.8) is 0 Å². The number of aryl methyl sites for hydroxylation is 2. The van der Waals surface area contributed by atoms with Crippen LogP contribution in [0.4, 0.5) is 20.3 Å². The van der Waals surface area contributed by atoms with Crippen molar-refractivity contribution in [2.45, 2.75) is 82.7 Å². The Morgan fingerprint density at radius 3 is 2.61 bits per heavy atom. The lowest BCUT2D eigenvalue weighted by Gasteiger charge is -2.48. The zero-order valence-electron chi connectivity index (χ0n) is 37.5. The van der Waals surface area contributed by atoms with Gasteiger partial charge in [-0.05, 0) is 111 Å². The number of aromatic nitrogens is 5. The van der Waals surface area contributed by atoms with Crippen LogP contribution in [0.25, 0.3) is 43.8 Å². The number of carbonyl (C=O) groups is 2. The van der Waals surface area contributed by atoms with Crippen LogP contribution in [0.2, 0.25) is 0 Å². The van der Waals surface area contributed by atoms with E-state index in [0.717, 1.165) is 101 Å². The molecule has 4 saturated heterocycles. The third-order valence-corrected chi connectivity index (χ3v) is 15.0. The summed E-state index contributed by atoms with van der Waals surface area (Å²) in [5.41, 5.74) is 3.09. The summed E-state index contributed by atoms with van der Waals surface area (Å²) in [5.74, 6) is -1.09. The van der Waals surface area contributed by atoms with Crippen LogP contribution in [0.15, 0.2) is 48.7 Å². The number of rotatable bonds is 12. The Balaban J connectivity index is 0.795. The molecule has 3 aromatic heterocycles. The second-order valence-corrected chi connectivity index (χ2v) is 19.4. The Morgan fingerprint density at radius 2 is 1.85 bits per heavy atom. The molecular formula is C50H55F2N9O5. The van der Waals surface area contributed by atoms with Gasteiger partial charge in [-0.1, -0.05) is 25.1 Å². The third kappa shape index (κ3) is 7.74. The van der Waals surface area contributed by atoms with E-state index < -0.39 is 17.6 Å². The summed E-state index contributed by atoms with van der Waals surface area (Å²) in [5, 5.41) is 24.1. The van der Waals surface area contributed by atoms with E-state index >= 15 is 8.78 Å². The molecule has 14 nitrogen and oxygen atoms in total. The fourth-order valence-electron chi connectivity index (χ4n) is 11.1. The molecule has 6 aromatic rings. The number of ether oxygens (including phenoxy) is 2. The monoisotopic (exact) mass is 899 g/mol. The first-order valence-electron chi connectivity index (χ1n) is 23.6. The van der Waals surface area contributed by atoms with Gasteiger partial charge >= 0.3 is 6.01 Å². The number of piperidine rings is 3. The van der Waals surface area contributed by atoms with Gasteiger partial charge in [-0.15, -0.1) is 0 Å². The molecule has 3 N–H and O–H groups in total. The van der Waals surface area contributed by atoms with Crippen molar-refractivity contribution < 1.29 is 33.0 Å². The summed E-state index contributed by atoms with van der Waals surface area (Å²) in [7, 11) is 1.90. The Morgan fingerprint density at radius 1 is 1.02 bits per heavy atom. The molecule has 1 spiro atoms. The first kappa shape index (κ1) is 42.6. The molecule has 1 saturated carbocycles. The molecule has 2 amide bonds. The van der Waals surface area contributed by atoms with Crippen LogP contribution < -0.4 is 20.3 Å². The molecule has 16 heteroatoms. The molecule has 0 radical (unpaired) electrons. The van der Waals surface area contributed by atoms with Gasteiger partial charge in [-0.25, -0.2) is 8.78 Å². The number of benzene rings is 3. The fraction of sp³-hybridized carbons (Fsp3) is 0.480. The SMILES string of the molecule is CCc1c(F)ccc2cc(O)cc(-c3ncc4c(N5CCCC6(CCO6)C5)nc(OCC5(CN6CCC(CNc7cccc8c(C9CCC(=O)NC9=O)nn(C)c78)CC6)CC5)nc4c3F)c12. The maximum atomic E-state index is 17.2. The van der Waals surface area contributed by atoms with Crippen LogP contribution in [-0.2, 0) is 27.8 Å². The number of phenolic OH excluding ortho intramolecular Hbond substituents is 1. The van der Waals surface area contributed by atoms with Gasteiger partial charge in [0.05, 0.1) is 47.0 Å². The number of amides is 2. The van der Waals surface area contributed by atoms with Crippen molar-refractivity contribution >= 4 is 55.9 Å². The fourth-order valence-corrected chi connectivity index (χ4v) is 11.1. The van der Waals surface area contributed by atoms with Crippen LogP contribution >= 0.6 is 0 Å². The van der Waals surface area contributed by atoms with Crippen molar-refractivity contribution in [2.75, 3.05) is 62.7 Å². The van der Waals surface area contributed by atoms with E-state index in [1.165, 1.54) is 12.1 Å². The first-order valence-corrected chi connectivity index (χ1v) is 23.6. The summed E-state index contributed by atoms with van der Waals surface area (Å²) in [6.07, 6.45) is 9.67. The molecule has 2 unspecified atom stereocenters. The number of nitrogens with one attached hydrogen (secondary N) is 2. The Kier molecular flexibility index (Phi) is 10.8. The second kappa shape index (κ2) is 16.7. The van der Waals surface area contributed by atoms with Crippen LogP contribution in [0.1, 0.15) is 81.9 Å². The minimum absolute atomic E-state index is 0.0260. The molecule has 11 rings (SSSR count). The van der Waals surface area contributed by atoms with E-state index in [-0.39, 0.29) is 45.8 Å². The van der Waals surface area contributed by atoms with E-state index in [1.54, 1.807) is 18.3 Å². The van der Waals surface area contributed by atoms with Crippen LogP contribution in [0.5, 0.6) is 11.8 Å². The van der Waals surface area contributed by atoms with Gasteiger partial charge in [0, 0.05) is 68.6 Å². The smallest absolute Gasteiger partial charge is 0.319 e. The van der Waals surface area contributed by atoms with E-state index in [1.807, 2.05) is 30.8 Å². The molecular weight excluding hydrogens is 845 g/mol. The molecule has 66 heavy (non-hydrogen) atoms. The molecule has 7 heterocycles. The summed E-state index contributed by atoms with van der Waals surface area (Å²) >= 11 is 0. The average molecular weight is 900 g/mol. The number of imide groups is 1. The van der Waals surface area contributed by atoms with Gasteiger partial charge in [0.25, 0.3) is 0 Å². The number of anilines is 2. The summed E-state index contributed by atoms with van der Waals surface area (Å²) in [6.45, 7) is 7.95. The number of aromatic hydroxyl groups is 1. The van der Waals surface area contributed by atoms with E-state index in [4.69, 9.17) is 24.5 Å². The molecule has 4 aliphatic heterocycles. The number of hydrogen-bond donors (Lipinski definition) is 3. The van der Waals surface area contributed by atoms with Gasteiger partial charge in [-0.3, -0.25) is 24.6 Å². The highest BCUT2D eigenvalue weighted by molar-refractivity contribution is 6.04. The predicted molar refractivity (Wildman–Crippen MR) is 247 cm³/mol. The lowest BCUT2D eigenvalue weighted by Crippen LogP contribution is -2.56. The number of hydrogen-bond acceptors (Lipinski definition) is 12. The largest absolute Gasteiger partial charge is 0.508 e. The Bertz CT molecular complexity index is 2910. The Labute approximate surface area is 381 Å². The van der Waals surface area contributed by atoms with Gasteiger partial charge < -0.3 is 29.7 Å². The summed E-state index contributed by atoms with van der Waals surface area (Å²) in [6, 6.07) is 12.1. The van der Waals surface area contributed by atoms with Gasteiger partial charge in [0.2, 0.25) is 11.8 Å². The average Bonchev–Trinajstić information content (AvgIpc) is 3.99. The van der Waals surface area contributed by atoms with Crippen LogP contribution in [0, 0.1) is 23.0 Å². The molecule has 5 fully saturated rings. The summed E-state index contributed by atoms with van der Waals surface area (Å²) < 4.78 is 46.8. The van der Waals surface area contributed by atoms with Crippen LogP contribution in [0.3, 0.4) is 0 Å². The lowest BCUT2D eigenvalue weighted by molar-refractivity contribution is -0.151. The van der Waals surface area contributed by atoms with E-state index in [2.05, 4.69) is 31.5 Å². The number of fused-ring (bicyclic) bond motifs is 3. The minimum atomic E-state index is -0.682. The maximum Gasteiger partial charge on any atom is 0.319 e. The van der Waals surface area contributed by atoms with Gasteiger partial charge in [-0.2, -0.15) is 15.1 Å². The quantitative estimate of drug-likeness (QED) is 0.104. The number of likely N-dealkylation sites (tertiary alicyclic amines) is 1. The number of nitrogens with zero attached hydrogens (tertiary/aromatic N) is 7. The number of para-hydroxylation sites is 1. The molecule has 5 aliphatic rings. The molecule has 344 valence electrons. The first-order chi connectivity index (χ1) is 32.0. The number of carbonyl (C=O) groups excluding carboxylic acids is 2. The predicted octanol–water partition coefficient (Wildman–Crippen LogP) is 7.54. The molecule has 1 aliphatic carbocycles. The zero-order valence-corrected chi connectivity index (χ0v) is 37.5. The van der Waals surface area contributed by atoms with Crippen molar-refractivity contribution in [3.05, 3.63) is 71.6 Å². The van der Waals surface area contributed by atoms with Crippen molar-refractivity contribution in [3.8, 4) is 23.0 Å². The molecule has 0 bridgehead atoms. The Hall–Kier alpha value is -6.00. The molecule has 3 aromatic carbocycles. The van der Waals surface area contributed by atoms with Crippen molar-refractivity contribution in [1.82, 2.24) is 34.9 Å².